The first-order valence-corrected chi connectivity index (χ1v) is 11.8. The number of aromatic amines is 1. The van der Waals surface area contributed by atoms with E-state index in [2.05, 4.69) is 31.1 Å². The van der Waals surface area contributed by atoms with E-state index in [1.807, 2.05) is 6.07 Å². The van der Waals surface area contributed by atoms with Crippen LogP contribution in [0, 0.1) is 5.82 Å². The van der Waals surface area contributed by atoms with Gasteiger partial charge in [-0.2, -0.15) is 0 Å². The SMILES string of the molecule is O=C(Nc1cc(-c2nnc3n2CCCCC3)ccc1F)c1cccc2c3c([nH]c12)CCCC3. The number of amides is 1. The number of aromatic nitrogens is 4. The number of hydrogen-bond donors (Lipinski definition) is 2. The van der Waals surface area contributed by atoms with Crippen LogP contribution >= 0.6 is 0 Å². The Morgan fingerprint density at radius 1 is 1.00 bits per heavy atom. The summed E-state index contributed by atoms with van der Waals surface area (Å²) in [7, 11) is 0. The van der Waals surface area contributed by atoms with Crippen LogP contribution in [0.3, 0.4) is 0 Å². The standard InChI is InChI=1S/C26H26FN5O/c27-20-13-12-16(25-31-30-23-11-2-1-5-14-32(23)25)15-22(20)29-26(33)19-9-6-8-18-17-7-3-4-10-21(17)28-24(18)19/h6,8-9,12-13,15,28H,1-5,7,10-11,14H2,(H,29,33). The van der Waals surface area contributed by atoms with Crippen molar-refractivity contribution in [2.45, 2.75) is 57.9 Å². The topological polar surface area (TPSA) is 75.6 Å². The number of hydrogen-bond acceptors (Lipinski definition) is 3. The lowest BCUT2D eigenvalue weighted by Gasteiger charge is -2.11. The molecule has 0 radical (unpaired) electrons. The molecule has 168 valence electrons. The number of rotatable bonds is 3. The number of nitrogens with zero attached hydrogens (tertiary/aromatic N) is 3. The zero-order valence-electron chi connectivity index (χ0n) is 18.5. The van der Waals surface area contributed by atoms with Crippen LogP contribution in [0.4, 0.5) is 10.1 Å². The molecule has 1 aliphatic carbocycles. The highest BCUT2D eigenvalue weighted by Crippen LogP contribution is 2.32. The molecule has 0 saturated heterocycles. The fourth-order valence-electron chi connectivity index (χ4n) is 5.27. The Hall–Kier alpha value is -3.48. The minimum absolute atomic E-state index is 0.150. The maximum Gasteiger partial charge on any atom is 0.257 e. The Morgan fingerprint density at radius 3 is 2.82 bits per heavy atom. The number of para-hydroxylation sites is 1. The molecule has 0 unspecified atom stereocenters. The summed E-state index contributed by atoms with van der Waals surface area (Å²) in [5, 5.41) is 12.6. The number of benzene rings is 2. The molecule has 0 saturated carbocycles. The lowest BCUT2D eigenvalue weighted by molar-refractivity contribution is 0.102. The van der Waals surface area contributed by atoms with Crippen LogP contribution in [0.1, 0.15) is 59.5 Å². The van der Waals surface area contributed by atoms with Crippen molar-refractivity contribution in [2.75, 3.05) is 5.32 Å². The third-order valence-electron chi connectivity index (χ3n) is 6.96. The Bertz CT molecular complexity index is 1370. The predicted octanol–water partition coefficient (Wildman–Crippen LogP) is 5.42. The first-order chi connectivity index (χ1) is 16.2. The quantitative estimate of drug-likeness (QED) is 0.444. The molecule has 2 aromatic heterocycles. The van der Waals surface area contributed by atoms with E-state index >= 15 is 0 Å². The summed E-state index contributed by atoms with van der Waals surface area (Å²) in [4.78, 5) is 16.7. The van der Waals surface area contributed by atoms with Gasteiger partial charge in [-0.15, -0.1) is 10.2 Å². The number of nitrogens with one attached hydrogen (secondary N) is 2. The fraction of sp³-hybridized carbons (Fsp3) is 0.346. The normalized spacial score (nSPS) is 15.7. The second-order valence-electron chi connectivity index (χ2n) is 9.07. The zero-order chi connectivity index (χ0) is 22.4. The molecule has 2 aliphatic rings. The van der Waals surface area contributed by atoms with Gasteiger partial charge in [0, 0.05) is 29.6 Å². The van der Waals surface area contributed by atoms with Gasteiger partial charge in [-0.25, -0.2) is 4.39 Å². The first-order valence-electron chi connectivity index (χ1n) is 11.8. The fourth-order valence-corrected chi connectivity index (χ4v) is 5.27. The summed E-state index contributed by atoms with van der Waals surface area (Å²) >= 11 is 0. The summed E-state index contributed by atoms with van der Waals surface area (Å²) in [6, 6.07) is 10.5. The molecule has 2 N–H and O–H groups in total. The number of anilines is 1. The predicted molar refractivity (Wildman–Crippen MR) is 126 cm³/mol. The van der Waals surface area contributed by atoms with Gasteiger partial charge in [0.15, 0.2) is 5.82 Å². The van der Waals surface area contributed by atoms with E-state index in [4.69, 9.17) is 0 Å². The van der Waals surface area contributed by atoms with E-state index in [1.54, 1.807) is 18.2 Å². The summed E-state index contributed by atoms with van der Waals surface area (Å²) in [5.74, 6) is 0.900. The molecule has 4 aromatic rings. The zero-order valence-corrected chi connectivity index (χ0v) is 18.5. The number of aryl methyl sites for hydroxylation is 3. The molecule has 2 aromatic carbocycles. The van der Waals surface area contributed by atoms with Crippen LogP contribution < -0.4 is 5.32 Å². The van der Waals surface area contributed by atoms with Crippen molar-refractivity contribution in [3.8, 4) is 11.4 Å². The molecule has 6 rings (SSSR count). The number of carbonyl (C=O) groups is 1. The molecular formula is C26H26FN5O. The van der Waals surface area contributed by atoms with Gasteiger partial charge in [-0.3, -0.25) is 4.79 Å². The first kappa shape index (κ1) is 20.1. The van der Waals surface area contributed by atoms with E-state index in [0.29, 0.717) is 5.56 Å². The molecular weight excluding hydrogens is 417 g/mol. The van der Waals surface area contributed by atoms with Crippen LogP contribution in [0.25, 0.3) is 22.3 Å². The minimum Gasteiger partial charge on any atom is -0.358 e. The van der Waals surface area contributed by atoms with E-state index in [1.165, 1.54) is 30.2 Å². The van der Waals surface area contributed by atoms with Gasteiger partial charge in [-0.05, 0) is 68.4 Å². The van der Waals surface area contributed by atoms with Crippen molar-refractivity contribution in [3.63, 3.8) is 0 Å². The molecule has 1 aliphatic heterocycles. The van der Waals surface area contributed by atoms with Crippen molar-refractivity contribution >= 4 is 22.5 Å². The molecule has 33 heavy (non-hydrogen) atoms. The van der Waals surface area contributed by atoms with Crippen LogP contribution in [-0.4, -0.2) is 25.7 Å². The van der Waals surface area contributed by atoms with Gasteiger partial charge in [0.2, 0.25) is 0 Å². The maximum absolute atomic E-state index is 14.7. The number of carbonyl (C=O) groups excluding carboxylic acids is 1. The second kappa shape index (κ2) is 8.14. The van der Waals surface area contributed by atoms with Gasteiger partial charge < -0.3 is 14.9 Å². The average molecular weight is 444 g/mol. The van der Waals surface area contributed by atoms with Crippen LogP contribution in [0.5, 0.6) is 0 Å². The molecule has 1 amide bonds. The number of fused-ring (bicyclic) bond motifs is 4. The van der Waals surface area contributed by atoms with Crippen molar-refractivity contribution in [3.05, 3.63) is 64.9 Å². The lowest BCUT2D eigenvalue weighted by Crippen LogP contribution is -2.14. The molecule has 0 fully saturated rings. The van der Waals surface area contributed by atoms with Gasteiger partial charge in [-0.1, -0.05) is 18.6 Å². The van der Waals surface area contributed by atoms with Crippen LogP contribution in [0.15, 0.2) is 36.4 Å². The number of H-pyrrole nitrogens is 1. The third kappa shape index (κ3) is 3.52. The van der Waals surface area contributed by atoms with Gasteiger partial charge >= 0.3 is 0 Å². The summed E-state index contributed by atoms with van der Waals surface area (Å²) in [6.07, 6.45) is 8.61. The van der Waals surface area contributed by atoms with Crippen molar-refractivity contribution in [1.82, 2.24) is 19.7 Å². The van der Waals surface area contributed by atoms with Crippen molar-refractivity contribution in [2.24, 2.45) is 0 Å². The van der Waals surface area contributed by atoms with E-state index in [0.717, 1.165) is 73.2 Å². The summed E-state index contributed by atoms with van der Waals surface area (Å²) < 4.78 is 16.8. The van der Waals surface area contributed by atoms with E-state index in [-0.39, 0.29) is 11.6 Å². The maximum atomic E-state index is 14.7. The molecule has 0 atom stereocenters. The highest BCUT2D eigenvalue weighted by molar-refractivity contribution is 6.12. The minimum atomic E-state index is -0.472. The molecule has 0 bridgehead atoms. The molecule has 0 spiro atoms. The summed E-state index contributed by atoms with van der Waals surface area (Å²) in [6.45, 7) is 0.857. The van der Waals surface area contributed by atoms with Crippen molar-refractivity contribution < 1.29 is 9.18 Å². The second-order valence-corrected chi connectivity index (χ2v) is 9.07. The van der Waals surface area contributed by atoms with E-state index < -0.39 is 5.82 Å². The highest BCUT2D eigenvalue weighted by Gasteiger charge is 2.21. The monoisotopic (exact) mass is 443 g/mol. The average Bonchev–Trinajstić information content (AvgIpc) is 3.33. The van der Waals surface area contributed by atoms with Crippen LogP contribution in [0.2, 0.25) is 0 Å². The van der Waals surface area contributed by atoms with Gasteiger partial charge in [0.25, 0.3) is 5.91 Å². The number of halogens is 1. The molecule has 7 heteroatoms. The lowest BCUT2D eigenvalue weighted by atomic mass is 9.95. The smallest absolute Gasteiger partial charge is 0.257 e. The van der Waals surface area contributed by atoms with E-state index in [9.17, 15) is 9.18 Å². The highest BCUT2D eigenvalue weighted by atomic mass is 19.1. The Labute approximate surface area is 191 Å². The van der Waals surface area contributed by atoms with Crippen molar-refractivity contribution in [1.29, 1.82) is 0 Å². The largest absolute Gasteiger partial charge is 0.358 e. The Balaban J connectivity index is 1.34. The molecule has 3 heterocycles. The Kier molecular flexibility index (Phi) is 4.97. The Morgan fingerprint density at radius 2 is 1.88 bits per heavy atom. The van der Waals surface area contributed by atoms with Gasteiger partial charge in [0.1, 0.15) is 11.6 Å². The summed E-state index contributed by atoms with van der Waals surface area (Å²) in [5.41, 5.74) is 4.80. The molecule has 6 nitrogen and oxygen atoms in total. The van der Waals surface area contributed by atoms with Crippen LogP contribution in [-0.2, 0) is 25.8 Å². The third-order valence-corrected chi connectivity index (χ3v) is 6.96. The van der Waals surface area contributed by atoms with Gasteiger partial charge in [0.05, 0.1) is 16.8 Å².